The molecule has 0 spiro atoms. The van der Waals surface area contributed by atoms with Crippen LogP contribution < -0.4 is 4.74 Å². The Balaban J connectivity index is 1.51. The summed E-state index contributed by atoms with van der Waals surface area (Å²) in [6, 6.07) is 9.28. The van der Waals surface area contributed by atoms with Crippen molar-refractivity contribution in [1.29, 1.82) is 0 Å². The van der Waals surface area contributed by atoms with Crippen LogP contribution in [0.15, 0.2) is 36.4 Å². The molecule has 1 fully saturated rings. The first kappa shape index (κ1) is 20.6. The molecule has 0 saturated carbocycles. The van der Waals surface area contributed by atoms with Gasteiger partial charge < -0.3 is 9.64 Å². The normalized spacial score (nSPS) is 14.9. The van der Waals surface area contributed by atoms with E-state index < -0.39 is 11.6 Å². The zero-order valence-electron chi connectivity index (χ0n) is 15.8. The highest BCUT2D eigenvalue weighted by atomic mass is 35.5. The van der Waals surface area contributed by atoms with Crippen LogP contribution in [0.1, 0.15) is 17.5 Å². The maximum atomic E-state index is 13.7. The maximum absolute atomic E-state index is 13.7. The van der Waals surface area contributed by atoms with Crippen molar-refractivity contribution >= 4 is 17.5 Å². The number of carbonyl (C=O) groups is 1. The van der Waals surface area contributed by atoms with Crippen molar-refractivity contribution in [2.24, 2.45) is 0 Å². The van der Waals surface area contributed by atoms with Crippen LogP contribution in [0.5, 0.6) is 5.75 Å². The van der Waals surface area contributed by atoms with Gasteiger partial charge in [-0.1, -0.05) is 17.7 Å². The highest BCUT2D eigenvalue weighted by molar-refractivity contribution is 6.30. The van der Waals surface area contributed by atoms with E-state index in [1.807, 2.05) is 12.1 Å². The Morgan fingerprint density at radius 1 is 1.11 bits per heavy atom. The molecule has 28 heavy (non-hydrogen) atoms. The molecule has 3 rings (SSSR count). The lowest BCUT2D eigenvalue weighted by atomic mass is 10.1. The lowest BCUT2D eigenvalue weighted by molar-refractivity contribution is -0.133. The number of hydrogen-bond acceptors (Lipinski definition) is 3. The molecule has 0 aliphatic carbocycles. The van der Waals surface area contributed by atoms with E-state index >= 15 is 0 Å². The Kier molecular flexibility index (Phi) is 6.86. The number of piperazine rings is 1. The minimum Gasteiger partial charge on any atom is -0.496 e. The molecule has 4 nitrogen and oxygen atoms in total. The Bertz CT molecular complexity index is 819. The molecule has 1 aliphatic rings. The van der Waals surface area contributed by atoms with Gasteiger partial charge in [0, 0.05) is 55.3 Å². The molecule has 2 aromatic rings. The molecular formula is C21H23ClF2N2O2. The largest absolute Gasteiger partial charge is 0.496 e. The third-order valence-electron chi connectivity index (χ3n) is 5.01. The minimum absolute atomic E-state index is 0.0254. The monoisotopic (exact) mass is 408 g/mol. The van der Waals surface area contributed by atoms with Crippen molar-refractivity contribution in [2.45, 2.75) is 19.4 Å². The highest BCUT2D eigenvalue weighted by Crippen LogP contribution is 2.24. The van der Waals surface area contributed by atoms with E-state index in [4.69, 9.17) is 16.3 Å². The van der Waals surface area contributed by atoms with E-state index in [1.165, 1.54) is 18.2 Å². The molecule has 1 amide bonds. The average molecular weight is 409 g/mol. The first-order valence-corrected chi connectivity index (χ1v) is 9.61. The molecule has 0 unspecified atom stereocenters. The van der Waals surface area contributed by atoms with Crippen LogP contribution in [0.3, 0.4) is 0 Å². The van der Waals surface area contributed by atoms with E-state index in [9.17, 15) is 13.6 Å². The van der Waals surface area contributed by atoms with Crippen LogP contribution in [0.25, 0.3) is 0 Å². The summed E-state index contributed by atoms with van der Waals surface area (Å²) in [5.41, 5.74) is 0.979. The van der Waals surface area contributed by atoms with Crippen LogP contribution >= 0.6 is 11.6 Å². The molecule has 7 heteroatoms. The summed E-state index contributed by atoms with van der Waals surface area (Å²) in [5.74, 6) is -0.501. The standard InChI is InChI=1S/C21H23ClF2N2O2/c1-28-20-7-5-16(22)13-15(20)14-25-9-11-26(12-10-25)21(27)8-6-17-18(23)3-2-4-19(17)24/h2-5,7,13H,6,8-12,14H2,1H3. The van der Waals surface area contributed by atoms with Gasteiger partial charge in [-0.05, 0) is 36.8 Å². The van der Waals surface area contributed by atoms with Gasteiger partial charge in [-0.15, -0.1) is 0 Å². The summed E-state index contributed by atoms with van der Waals surface area (Å²) in [5, 5.41) is 0.657. The number of methoxy groups -OCH3 is 1. The minimum atomic E-state index is -0.604. The fourth-order valence-electron chi connectivity index (χ4n) is 3.43. The van der Waals surface area contributed by atoms with E-state index in [0.29, 0.717) is 24.7 Å². The highest BCUT2D eigenvalue weighted by Gasteiger charge is 2.22. The second kappa shape index (κ2) is 9.34. The first-order chi connectivity index (χ1) is 13.5. The number of ether oxygens (including phenoxy) is 1. The maximum Gasteiger partial charge on any atom is 0.222 e. The summed E-state index contributed by atoms with van der Waals surface area (Å²) >= 11 is 6.08. The van der Waals surface area contributed by atoms with E-state index in [0.717, 1.165) is 24.4 Å². The number of hydrogen-bond donors (Lipinski definition) is 0. The van der Waals surface area contributed by atoms with Crippen molar-refractivity contribution in [3.63, 3.8) is 0 Å². The van der Waals surface area contributed by atoms with Gasteiger partial charge >= 0.3 is 0 Å². The quantitative estimate of drug-likeness (QED) is 0.726. The Labute approximate surface area is 168 Å². The second-order valence-corrected chi connectivity index (χ2v) is 7.25. The molecule has 1 aliphatic heterocycles. The topological polar surface area (TPSA) is 32.8 Å². The van der Waals surface area contributed by atoms with Gasteiger partial charge in [-0.2, -0.15) is 0 Å². The summed E-state index contributed by atoms with van der Waals surface area (Å²) in [6.45, 7) is 3.29. The third kappa shape index (κ3) is 5.00. The average Bonchev–Trinajstić information content (AvgIpc) is 2.68. The van der Waals surface area contributed by atoms with Crippen molar-refractivity contribution in [1.82, 2.24) is 9.80 Å². The molecular weight excluding hydrogens is 386 g/mol. The van der Waals surface area contributed by atoms with E-state index in [2.05, 4.69) is 4.90 Å². The van der Waals surface area contributed by atoms with Crippen molar-refractivity contribution in [3.05, 3.63) is 64.2 Å². The van der Waals surface area contributed by atoms with Gasteiger partial charge in [0.2, 0.25) is 5.91 Å². The Morgan fingerprint density at radius 3 is 2.43 bits per heavy atom. The smallest absolute Gasteiger partial charge is 0.222 e. The fraction of sp³-hybridized carbons (Fsp3) is 0.381. The van der Waals surface area contributed by atoms with Gasteiger partial charge in [0.1, 0.15) is 17.4 Å². The lowest BCUT2D eigenvalue weighted by Gasteiger charge is -2.35. The molecule has 150 valence electrons. The van der Waals surface area contributed by atoms with E-state index in [1.54, 1.807) is 18.1 Å². The van der Waals surface area contributed by atoms with E-state index in [-0.39, 0.29) is 24.3 Å². The molecule has 1 heterocycles. The van der Waals surface area contributed by atoms with Crippen molar-refractivity contribution in [3.8, 4) is 5.75 Å². The van der Waals surface area contributed by atoms with Crippen LogP contribution in [0, 0.1) is 11.6 Å². The first-order valence-electron chi connectivity index (χ1n) is 9.23. The second-order valence-electron chi connectivity index (χ2n) is 6.81. The van der Waals surface area contributed by atoms with Crippen molar-refractivity contribution < 1.29 is 18.3 Å². The van der Waals surface area contributed by atoms with Crippen LogP contribution in [-0.4, -0.2) is 49.0 Å². The summed E-state index contributed by atoms with van der Waals surface area (Å²) < 4.78 is 32.8. The molecule has 0 aromatic heterocycles. The third-order valence-corrected chi connectivity index (χ3v) is 5.25. The van der Waals surface area contributed by atoms with Gasteiger partial charge in [0.25, 0.3) is 0 Å². The Morgan fingerprint density at radius 2 is 1.79 bits per heavy atom. The van der Waals surface area contributed by atoms with Gasteiger partial charge in [0.15, 0.2) is 0 Å². The summed E-state index contributed by atoms with van der Waals surface area (Å²) in [7, 11) is 1.63. The summed E-state index contributed by atoms with van der Waals surface area (Å²) in [6.07, 6.45) is 0.164. The molecule has 0 radical (unpaired) electrons. The summed E-state index contributed by atoms with van der Waals surface area (Å²) in [4.78, 5) is 16.4. The molecule has 1 saturated heterocycles. The number of amides is 1. The Hall–Kier alpha value is -2.18. The molecule has 0 N–H and O–H groups in total. The number of carbonyl (C=O) groups excluding carboxylic acids is 1. The number of nitrogens with zero attached hydrogens (tertiary/aromatic N) is 2. The molecule has 0 bridgehead atoms. The van der Waals surface area contributed by atoms with Gasteiger partial charge in [-0.25, -0.2) is 8.78 Å². The lowest BCUT2D eigenvalue weighted by Crippen LogP contribution is -2.48. The molecule has 0 atom stereocenters. The van der Waals surface area contributed by atoms with Gasteiger partial charge in [-0.3, -0.25) is 9.69 Å². The fourth-order valence-corrected chi connectivity index (χ4v) is 3.62. The predicted octanol–water partition coefficient (Wildman–Crippen LogP) is 3.90. The van der Waals surface area contributed by atoms with Gasteiger partial charge in [0.05, 0.1) is 7.11 Å². The zero-order valence-corrected chi connectivity index (χ0v) is 16.5. The SMILES string of the molecule is COc1ccc(Cl)cc1CN1CCN(C(=O)CCc2c(F)cccc2F)CC1. The predicted molar refractivity (Wildman–Crippen MR) is 105 cm³/mol. The number of benzene rings is 2. The van der Waals surface area contributed by atoms with Crippen LogP contribution in [0.2, 0.25) is 5.02 Å². The van der Waals surface area contributed by atoms with Crippen LogP contribution in [-0.2, 0) is 17.8 Å². The number of rotatable bonds is 6. The molecule has 2 aromatic carbocycles. The van der Waals surface area contributed by atoms with Crippen molar-refractivity contribution in [2.75, 3.05) is 33.3 Å². The number of halogens is 3. The zero-order chi connectivity index (χ0) is 20.1. The van der Waals surface area contributed by atoms with Crippen LogP contribution in [0.4, 0.5) is 8.78 Å².